The van der Waals surface area contributed by atoms with Gasteiger partial charge in [0.25, 0.3) is 0 Å². The Kier molecular flexibility index (Phi) is 6.67. The summed E-state index contributed by atoms with van der Waals surface area (Å²) in [5, 5.41) is 3.30. The van der Waals surface area contributed by atoms with Crippen molar-refractivity contribution in [1.82, 2.24) is 10.2 Å². The molecular weight excluding hydrogens is 264 g/mol. The average molecular weight is 298 g/mol. The molecule has 1 aliphatic heterocycles. The summed E-state index contributed by atoms with van der Waals surface area (Å²) in [5.41, 5.74) is -0.228. The van der Waals surface area contributed by atoms with Crippen molar-refractivity contribution in [3.63, 3.8) is 0 Å². The number of rotatable bonds is 5. The van der Waals surface area contributed by atoms with Crippen molar-refractivity contribution in [2.45, 2.75) is 59.4 Å². The predicted octanol–water partition coefficient (Wildman–Crippen LogP) is 2.68. The molecule has 0 saturated carbocycles. The van der Waals surface area contributed by atoms with Crippen molar-refractivity contribution in [3.8, 4) is 0 Å². The van der Waals surface area contributed by atoms with E-state index in [-0.39, 0.29) is 5.97 Å². The lowest BCUT2D eigenvalue weighted by atomic mass is 9.77. The van der Waals surface area contributed by atoms with Gasteiger partial charge in [-0.05, 0) is 57.2 Å². The first-order valence-corrected chi connectivity index (χ1v) is 8.28. The van der Waals surface area contributed by atoms with Gasteiger partial charge in [-0.3, -0.25) is 4.79 Å². The number of methoxy groups -OCH3 is 1. The highest BCUT2D eigenvalue weighted by Crippen LogP contribution is 2.34. The van der Waals surface area contributed by atoms with Crippen LogP contribution < -0.4 is 5.32 Å². The third kappa shape index (κ3) is 5.26. The molecule has 0 aromatic heterocycles. The van der Waals surface area contributed by atoms with Gasteiger partial charge in [0.1, 0.15) is 5.54 Å². The molecule has 4 nitrogen and oxygen atoms in total. The normalized spacial score (nSPS) is 24.2. The number of nitrogens with zero attached hydrogens (tertiary/aromatic N) is 1. The van der Waals surface area contributed by atoms with E-state index in [4.69, 9.17) is 4.74 Å². The lowest BCUT2D eigenvalue weighted by Gasteiger charge is -2.34. The van der Waals surface area contributed by atoms with E-state index < -0.39 is 5.54 Å². The number of carbonyl (C=O) groups excluding carboxylic acids is 1. The Hall–Kier alpha value is -0.610. The topological polar surface area (TPSA) is 41.6 Å². The maximum absolute atomic E-state index is 12.1. The quantitative estimate of drug-likeness (QED) is 0.792. The molecule has 0 aliphatic carbocycles. The molecule has 0 aromatic rings. The van der Waals surface area contributed by atoms with Gasteiger partial charge in [0.15, 0.2) is 0 Å². The first kappa shape index (κ1) is 18.4. The molecule has 1 aliphatic rings. The van der Waals surface area contributed by atoms with Crippen LogP contribution in [0.5, 0.6) is 0 Å². The van der Waals surface area contributed by atoms with Crippen molar-refractivity contribution in [3.05, 3.63) is 0 Å². The predicted molar refractivity (Wildman–Crippen MR) is 87.3 cm³/mol. The van der Waals surface area contributed by atoms with Gasteiger partial charge in [-0.25, -0.2) is 0 Å². The first-order chi connectivity index (χ1) is 9.73. The second kappa shape index (κ2) is 7.59. The van der Waals surface area contributed by atoms with Crippen LogP contribution in [0.3, 0.4) is 0 Å². The standard InChI is InChI=1S/C17H34N2O2/c1-7-18-17(5,15(20)21-6)13-19-11-8-9-14(10-12-19)16(2,3)4/h14,18H,7-13H2,1-6H3. The minimum Gasteiger partial charge on any atom is -0.468 e. The fraction of sp³-hybridized carbons (Fsp3) is 0.941. The summed E-state index contributed by atoms with van der Waals surface area (Å²) < 4.78 is 4.99. The first-order valence-electron chi connectivity index (χ1n) is 8.28. The molecule has 1 heterocycles. The second-order valence-electron chi connectivity index (χ2n) is 7.62. The van der Waals surface area contributed by atoms with E-state index in [1.165, 1.54) is 26.4 Å². The molecule has 0 aromatic carbocycles. The fourth-order valence-corrected chi connectivity index (χ4v) is 3.44. The Morgan fingerprint density at radius 3 is 2.43 bits per heavy atom. The Bertz CT molecular complexity index is 338. The summed E-state index contributed by atoms with van der Waals surface area (Å²) in [4.78, 5) is 14.5. The van der Waals surface area contributed by atoms with E-state index in [0.717, 1.165) is 32.1 Å². The zero-order valence-electron chi connectivity index (χ0n) is 14.8. The molecule has 0 amide bonds. The monoisotopic (exact) mass is 298 g/mol. The largest absolute Gasteiger partial charge is 0.468 e. The number of ether oxygens (including phenoxy) is 1. The van der Waals surface area contributed by atoms with Gasteiger partial charge >= 0.3 is 5.97 Å². The van der Waals surface area contributed by atoms with Crippen LogP contribution in [0.1, 0.15) is 53.9 Å². The molecule has 124 valence electrons. The van der Waals surface area contributed by atoms with Gasteiger partial charge in [-0.15, -0.1) is 0 Å². The van der Waals surface area contributed by atoms with Crippen LogP contribution in [-0.4, -0.2) is 49.7 Å². The number of likely N-dealkylation sites (tertiary alicyclic amines) is 1. The molecule has 0 spiro atoms. The molecule has 0 radical (unpaired) electrons. The van der Waals surface area contributed by atoms with E-state index in [9.17, 15) is 4.79 Å². The van der Waals surface area contributed by atoms with Crippen LogP contribution in [0, 0.1) is 11.3 Å². The van der Waals surface area contributed by atoms with Crippen LogP contribution in [0.25, 0.3) is 0 Å². The summed E-state index contributed by atoms with van der Waals surface area (Å²) in [6.45, 7) is 14.6. The number of nitrogens with one attached hydrogen (secondary N) is 1. The van der Waals surface area contributed by atoms with Gasteiger partial charge in [0, 0.05) is 6.54 Å². The molecule has 1 rings (SSSR count). The minimum absolute atomic E-state index is 0.166. The summed E-state index contributed by atoms with van der Waals surface area (Å²) in [5.74, 6) is 0.604. The number of esters is 1. The van der Waals surface area contributed by atoms with Crippen LogP contribution in [0.2, 0.25) is 0 Å². The zero-order valence-corrected chi connectivity index (χ0v) is 14.8. The lowest BCUT2D eigenvalue weighted by molar-refractivity contribution is -0.148. The summed E-state index contributed by atoms with van der Waals surface area (Å²) in [6, 6.07) is 0. The van der Waals surface area contributed by atoms with Crippen LogP contribution in [0.4, 0.5) is 0 Å². The van der Waals surface area contributed by atoms with E-state index in [1.54, 1.807) is 0 Å². The summed E-state index contributed by atoms with van der Waals surface area (Å²) in [6.07, 6.45) is 3.72. The molecular formula is C17H34N2O2. The third-order valence-corrected chi connectivity index (χ3v) is 4.79. The Balaban J connectivity index is 2.67. The Morgan fingerprint density at radius 2 is 1.90 bits per heavy atom. The van der Waals surface area contributed by atoms with Crippen molar-refractivity contribution in [2.24, 2.45) is 11.3 Å². The van der Waals surface area contributed by atoms with Crippen molar-refractivity contribution >= 4 is 5.97 Å². The summed E-state index contributed by atoms with van der Waals surface area (Å²) in [7, 11) is 1.47. The SMILES string of the molecule is CCNC(C)(CN1CCCC(C(C)(C)C)CC1)C(=O)OC. The molecule has 1 N–H and O–H groups in total. The van der Waals surface area contributed by atoms with Crippen molar-refractivity contribution in [1.29, 1.82) is 0 Å². The zero-order chi connectivity index (χ0) is 16.1. The molecule has 1 fully saturated rings. The minimum atomic E-state index is -0.606. The maximum atomic E-state index is 12.1. The van der Waals surface area contributed by atoms with E-state index in [2.05, 4.69) is 31.0 Å². The second-order valence-corrected chi connectivity index (χ2v) is 7.62. The molecule has 1 saturated heterocycles. The molecule has 2 unspecified atom stereocenters. The van der Waals surface area contributed by atoms with E-state index in [1.807, 2.05) is 13.8 Å². The van der Waals surface area contributed by atoms with Gasteiger partial charge in [-0.2, -0.15) is 0 Å². The van der Waals surface area contributed by atoms with Gasteiger partial charge in [0.2, 0.25) is 0 Å². The van der Waals surface area contributed by atoms with Crippen molar-refractivity contribution < 1.29 is 9.53 Å². The fourth-order valence-electron chi connectivity index (χ4n) is 3.44. The molecule has 0 bridgehead atoms. The lowest BCUT2D eigenvalue weighted by Crippen LogP contribution is -2.57. The maximum Gasteiger partial charge on any atom is 0.327 e. The Labute approximate surface area is 130 Å². The Morgan fingerprint density at radius 1 is 1.24 bits per heavy atom. The highest BCUT2D eigenvalue weighted by Gasteiger charge is 2.36. The van der Waals surface area contributed by atoms with Crippen molar-refractivity contribution in [2.75, 3.05) is 33.3 Å². The highest BCUT2D eigenvalue weighted by molar-refractivity contribution is 5.80. The summed E-state index contributed by atoms with van der Waals surface area (Å²) >= 11 is 0. The highest BCUT2D eigenvalue weighted by atomic mass is 16.5. The average Bonchev–Trinajstić information content (AvgIpc) is 2.63. The van der Waals surface area contributed by atoms with Crippen LogP contribution in [-0.2, 0) is 9.53 Å². The number of hydrogen-bond donors (Lipinski definition) is 1. The van der Waals surface area contributed by atoms with Gasteiger partial charge < -0.3 is 15.0 Å². The number of carbonyl (C=O) groups is 1. The van der Waals surface area contributed by atoms with E-state index in [0.29, 0.717) is 5.41 Å². The molecule has 21 heavy (non-hydrogen) atoms. The van der Waals surface area contributed by atoms with Gasteiger partial charge in [-0.1, -0.05) is 27.7 Å². The molecule has 4 heteroatoms. The van der Waals surface area contributed by atoms with E-state index >= 15 is 0 Å². The third-order valence-electron chi connectivity index (χ3n) is 4.79. The van der Waals surface area contributed by atoms with Crippen LogP contribution in [0.15, 0.2) is 0 Å². The number of hydrogen-bond acceptors (Lipinski definition) is 4. The van der Waals surface area contributed by atoms with Gasteiger partial charge in [0.05, 0.1) is 7.11 Å². The smallest absolute Gasteiger partial charge is 0.327 e. The number of likely N-dealkylation sites (N-methyl/N-ethyl adjacent to an activating group) is 1. The molecule has 2 atom stereocenters. The van der Waals surface area contributed by atoms with Crippen LogP contribution >= 0.6 is 0 Å².